The van der Waals surface area contributed by atoms with E-state index < -0.39 is 11.5 Å². The van der Waals surface area contributed by atoms with Crippen molar-refractivity contribution in [3.63, 3.8) is 0 Å². The number of hydrogen-bond donors (Lipinski definition) is 1. The highest BCUT2D eigenvalue weighted by Gasteiger charge is 2.12. The van der Waals surface area contributed by atoms with Gasteiger partial charge in [-0.15, -0.1) is 11.3 Å². The first-order valence-electron chi connectivity index (χ1n) is 5.40. The molecule has 1 heterocycles. The number of nitrogens with one attached hydrogen (secondary N) is 1. The third-order valence-corrected chi connectivity index (χ3v) is 3.16. The number of carbonyl (C=O) groups excluding carboxylic acids is 1. The number of benzene rings is 1. The molecule has 1 aromatic carbocycles. The van der Waals surface area contributed by atoms with Crippen molar-refractivity contribution in [1.82, 2.24) is 0 Å². The molecule has 19 heavy (non-hydrogen) atoms. The normalized spacial score (nSPS) is 11.3. The average molecular weight is 294 g/mol. The lowest BCUT2D eigenvalue weighted by Gasteiger charge is -2.04. The Kier molecular flexibility index (Phi) is 4.56. The van der Waals surface area contributed by atoms with Crippen molar-refractivity contribution >= 4 is 34.5 Å². The van der Waals surface area contributed by atoms with Crippen LogP contribution in [0.4, 0.5) is 10.1 Å². The van der Waals surface area contributed by atoms with Crippen LogP contribution in [0.5, 0.6) is 0 Å². The predicted molar refractivity (Wildman–Crippen MR) is 76.1 cm³/mol. The summed E-state index contributed by atoms with van der Waals surface area (Å²) in [5.74, 6) is 5.09. The second-order valence-corrected chi connectivity index (χ2v) is 4.93. The fourth-order valence-corrected chi connectivity index (χ4v) is 1.98. The van der Waals surface area contributed by atoms with Crippen LogP contribution in [0.25, 0.3) is 0 Å². The maximum Gasteiger partial charge on any atom is 0.274 e. The molecular weight excluding hydrogens is 285 g/mol. The number of rotatable bonds is 2. The van der Waals surface area contributed by atoms with Gasteiger partial charge in [0, 0.05) is 11.3 Å². The highest BCUT2D eigenvalue weighted by atomic mass is 35.5. The van der Waals surface area contributed by atoms with Gasteiger partial charge in [-0.3, -0.25) is 4.79 Å². The summed E-state index contributed by atoms with van der Waals surface area (Å²) in [7, 11) is 0. The third kappa shape index (κ3) is 4.09. The van der Waals surface area contributed by atoms with Gasteiger partial charge in [0.15, 0.2) is 0 Å². The van der Waals surface area contributed by atoms with E-state index in [4.69, 9.17) is 11.6 Å². The van der Waals surface area contributed by atoms with Crippen LogP contribution in [0.2, 0.25) is 0 Å². The van der Waals surface area contributed by atoms with Crippen molar-refractivity contribution in [2.75, 3.05) is 5.32 Å². The van der Waals surface area contributed by atoms with E-state index in [1.807, 2.05) is 23.6 Å². The molecule has 0 fully saturated rings. The SMILES string of the molecule is O=C(Nc1cccc(C#Cc2cccs2)c1)C(F)Cl. The summed E-state index contributed by atoms with van der Waals surface area (Å²) in [5.41, 5.74) is -0.858. The molecule has 1 atom stereocenters. The predicted octanol–water partition coefficient (Wildman–Crippen LogP) is 3.62. The van der Waals surface area contributed by atoms with Gasteiger partial charge in [0.1, 0.15) is 0 Å². The van der Waals surface area contributed by atoms with E-state index in [1.54, 1.807) is 29.5 Å². The topological polar surface area (TPSA) is 29.1 Å². The minimum absolute atomic E-state index is 0.464. The number of alkyl halides is 2. The average Bonchev–Trinajstić information content (AvgIpc) is 2.90. The monoisotopic (exact) mass is 293 g/mol. The molecule has 1 amide bonds. The quantitative estimate of drug-likeness (QED) is 0.665. The van der Waals surface area contributed by atoms with Gasteiger partial charge in [-0.1, -0.05) is 35.6 Å². The van der Waals surface area contributed by atoms with Crippen LogP contribution in [0, 0.1) is 11.8 Å². The first-order chi connectivity index (χ1) is 9.15. The molecule has 0 saturated heterocycles. The summed E-state index contributed by atoms with van der Waals surface area (Å²) in [5, 5.41) is 4.31. The maximum atomic E-state index is 12.5. The second kappa shape index (κ2) is 6.37. The third-order valence-electron chi connectivity index (χ3n) is 2.18. The summed E-state index contributed by atoms with van der Waals surface area (Å²) < 4.78 is 12.5. The molecule has 0 aliphatic carbocycles. The first-order valence-corrected chi connectivity index (χ1v) is 6.71. The molecule has 0 radical (unpaired) electrons. The molecule has 0 aliphatic heterocycles. The van der Waals surface area contributed by atoms with Gasteiger partial charge in [-0.05, 0) is 29.6 Å². The highest BCUT2D eigenvalue weighted by molar-refractivity contribution is 7.10. The number of halogens is 2. The van der Waals surface area contributed by atoms with Gasteiger partial charge >= 0.3 is 0 Å². The smallest absolute Gasteiger partial charge is 0.274 e. The van der Waals surface area contributed by atoms with Gasteiger partial charge in [0.25, 0.3) is 11.5 Å². The van der Waals surface area contributed by atoms with Gasteiger partial charge in [0.05, 0.1) is 4.88 Å². The lowest BCUT2D eigenvalue weighted by atomic mass is 10.2. The molecule has 2 rings (SSSR count). The molecule has 0 aliphatic rings. The van der Waals surface area contributed by atoms with Crippen LogP contribution in [-0.2, 0) is 4.79 Å². The lowest BCUT2D eigenvalue weighted by molar-refractivity contribution is -0.118. The van der Waals surface area contributed by atoms with E-state index in [-0.39, 0.29) is 0 Å². The molecule has 0 spiro atoms. The van der Waals surface area contributed by atoms with E-state index in [2.05, 4.69) is 17.2 Å². The van der Waals surface area contributed by atoms with Crippen LogP contribution < -0.4 is 5.32 Å². The van der Waals surface area contributed by atoms with Crippen molar-refractivity contribution in [1.29, 1.82) is 0 Å². The highest BCUT2D eigenvalue weighted by Crippen LogP contribution is 2.12. The van der Waals surface area contributed by atoms with E-state index >= 15 is 0 Å². The zero-order valence-electron chi connectivity index (χ0n) is 9.69. The Morgan fingerprint density at radius 1 is 1.32 bits per heavy atom. The van der Waals surface area contributed by atoms with Gasteiger partial charge in [-0.2, -0.15) is 0 Å². The largest absolute Gasteiger partial charge is 0.322 e. The molecular formula is C14H9ClFNOS. The van der Waals surface area contributed by atoms with Crippen LogP contribution in [0.15, 0.2) is 41.8 Å². The number of anilines is 1. The standard InChI is InChI=1S/C14H9ClFNOS/c15-13(16)14(18)17-11-4-1-3-10(9-11)6-7-12-5-2-8-19-12/h1-5,8-9,13H,(H,17,18). The van der Waals surface area contributed by atoms with Crippen LogP contribution in [0.1, 0.15) is 10.4 Å². The Bertz CT molecular complexity index is 628. The summed E-state index contributed by atoms with van der Waals surface area (Å²) in [6, 6.07) is 10.7. The summed E-state index contributed by atoms with van der Waals surface area (Å²) in [6.07, 6.45) is 0. The van der Waals surface area contributed by atoms with Crippen molar-refractivity contribution < 1.29 is 9.18 Å². The van der Waals surface area contributed by atoms with Gasteiger partial charge in [0.2, 0.25) is 0 Å². The van der Waals surface area contributed by atoms with E-state index in [9.17, 15) is 9.18 Å². The minimum atomic E-state index is -2.05. The molecule has 96 valence electrons. The van der Waals surface area contributed by atoms with Gasteiger partial charge < -0.3 is 5.32 Å². The molecule has 1 unspecified atom stereocenters. The molecule has 2 aromatic rings. The second-order valence-electron chi connectivity index (χ2n) is 3.60. The number of amides is 1. The zero-order valence-corrected chi connectivity index (χ0v) is 11.3. The Morgan fingerprint density at radius 3 is 2.84 bits per heavy atom. The van der Waals surface area contributed by atoms with E-state index in [0.29, 0.717) is 5.69 Å². The van der Waals surface area contributed by atoms with Gasteiger partial charge in [-0.25, -0.2) is 4.39 Å². The fraction of sp³-hybridized carbons (Fsp3) is 0.0714. The van der Waals surface area contributed by atoms with Crippen LogP contribution >= 0.6 is 22.9 Å². The number of carbonyl (C=O) groups is 1. The Hall–Kier alpha value is -1.83. The summed E-state index contributed by atoms with van der Waals surface area (Å²) >= 11 is 6.59. The molecule has 1 aromatic heterocycles. The molecule has 2 nitrogen and oxygen atoms in total. The Morgan fingerprint density at radius 2 is 2.16 bits per heavy atom. The zero-order chi connectivity index (χ0) is 13.7. The summed E-state index contributed by atoms with van der Waals surface area (Å²) in [6.45, 7) is 0. The number of hydrogen-bond acceptors (Lipinski definition) is 2. The Balaban J connectivity index is 2.13. The maximum absolute atomic E-state index is 12.5. The molecule has 5 heteroatoms. The first kappa shape index (κ1) is 13.6. The molecule has 0 bridgehead atoms. The number of thiophene rings is 1. The van der Waals surface area contributed by atoms with Crippen molar-refractivity contribution in [2.24, 2.45) is 0 Å². The van der Waals surface area contributed by atoms with Crippen LogP contribution in [-0.4, -0.2) is 11.5 Å². The molecule has 1 N–H and O–H groups in total. The van der Waals surface area contributed by atoms with E-state index in [0.717, 1.165) is 10.4 Å². The van der Waals surface area contributed by atoms with Crippen molar-refractivity contribution in [2.45, 2.75) is 5.63 Å². The molecule has 0 saturated carbocycles. The lowest BCUT2D eigenvalue weighted by Crippen LogP contribution is -2.19. The minimum Gasteiger partial charge on any atom is -0.322 e. The van der Waals surface area contributed by atoms with E-state index in [1.165, 1.54) is 0 Å². The Labute approximate surface area is 119 Å². The fourth-order valence-electron chi connectivity index (χ4n) is 1.35. The van der Waals surface area contributed by atoms with Crippen molar-refractivity contribution in [3.8, 4) is 11.8 Å². The van der Waals surface area contributed by atoms with Crippen molar-refractivity contribution in [3.05, 3.63) is 52.2 Å². The van der Waals surface area contributed by atoms with Crippen LogP contribution in [0.3, 0.4) is 0 Å². The summed E-state index contributed by atoms with van der Waals surface area (Å²) in [4.78, 5) is 12.1.